The van der Waals surface area contributed by atoms with Gasteiger partial charge < -0.3 is 9.16 Å². The zero-order chi connectivity index (χ0) is 31.7. The minimum atomic E-state index is -3.98. The van der Waals surface area contributed by atoms with E-state index in [0.29, 0.717) is 22.8 Å². The molecule has 10 nitrogen and oxygen atoms in total. The van der Waals surface area contributed by atoms with Crippen molar-refractivity contribution in [1.82, 2.24) is 29.7 Å². The number of para-hydroxylation sites is 1. The minimum absolute atomic E-state index is 0.107. The highest BCUT2D eigenvalue weighted by Crippen LogP contribution is 2.41. The number of aryl methyl sites for hydroxylation is 2. The minimum Gasteiger partial charge on any atom is -0.495 e. The smallest absolute Gasteiger partial charge is 0.193 e. The van der Waals surface area contributed by atoms with Gasteiger partial charge in [0.15, 0.2) is 41.4 Å². The SMILES string of the molecule is COc1cccc(C)c1-n1c(CS(=O)(=O)[C@H](C)[C@H](O[Si](C)(C)C(C)(C)C)c2ncc(F)cn2)nnc1-c1cncc(C)c1. The maximum absolute atomic E-state index is 14.2. The molecule has 0 spiro atoms. The molecule has 0 aliphatic rings. The summed E-state index contributed by atoms with van der Waals surface area (Å²) in [5.74, 6) is 0.183. The van der Waals surface area contributed by atoms with Crippen molar-refractivity contribution in [2.45, 2.75) is 76.8 Å². The Kier molecular flexibility index (Phi) is 9.19. The van der Waals surface area contributed by atoms with Crippen LogP contribution in [0.5, 0.6) is 5.75 Å². The van der Waals surface area contributed by atoms with E-state index in [4.69, 9.17) is 9.16 Å². The predicted octanol–water partition coefficient (Wildman–Crippen LogP) is 5.95. The van der Waals surface area contributed by atoms with Gasteiger partial charge in [-0.3, -0.25) is 9.55 Å². The van der Waals surface area contributed by atoms with Crippen LogP contribution >= 0.6 is 0 Å². The lowest BCUT2D eigenvalue weighted by molar-refractivity contribution is 0.171. The number of hydrogen-bond acceptors (Lipinski definition) is 9. The lowest BCUT2D eigenvalue weighted by Gasteiger charge is -2.40. The molecule has 0 N–H and O–H groups in total. The van der Waals surface area contributed by atoms with Crippen molar-refractivity contribution in [3.05, 3.63) is 77.6 Å². The third-order valence-corrected chi connectivity index (χ3v) is 14.4. The molecule has 0 aliphatic heterocycles. The van der Waals surface area contributed by atoms with Crippen LogP contribution in [0.25, 0.3) is 17.1 Å². The van der Waals surface area contributed by atoms with Crippen molar-refractivity contribution in [1.29, 1.82) is 0 Å². The van der Waals surface area contributed by atoms with Crippen molar-refractivity contribution in [2.24, 2.45) is 0 Å². The number of nitrogens with zero attached hydrogens (tertiary/aromatic N) is 6. The summed E-state index contributed by atoms with van der Waals surface area (Å²) in [4.78, 5) is 12.6. The Morgan fingerprint density at radius 1 is 1.05 bits per heavy atom. The normalized spacial score (nSPS) is 14.0. The fraction of sp³-hybridized carbons (Fsp3) is 0.433. The van der Waals surface area contributed by atoms with Gasteiger partial charge in [0.1, 0.15) is 17.6 Å². The van der Waals surface area contributed by atoms with E-state index >= 15 is 0 Å². The second-order valence-corrected chi connectivity index (χ2v) is 19.3. The molecule has 3 heterocycles. The molecule has 0 saturated carbocycles. The Morgan fingerprint density at radius 3 is 2.33 bits per heavy atom. The highest BCUT2D eigenvalue weighted by atomic mass is 32.2. The van der Waals surface area contributed by atoms with Gasteiger partial charge >= 0.3 is 0 Å². The Labute approximate surface area is 253 Å². The van der Waals surface area contributed by atoms with Gasteiger partial charge in [-0.25, -0.2) is 22.8 Å². The topological polar surface area (TPSA) is 122 Å². The van der Waals surface area contributed by atoms with E-state index in [2.05, 4.69) is 45.9 Å². The molecule has 2 atom stereocenters. The summed E-state index contributed by atoms with van der Waals surface area (Å²) in [7, 11) is -4.95. The first kappa shape index (κ1) is 32.4. The maximum atomic E-state index is 14.2. The van der Waals surface area contributed by atoms with Gasteiger partial charge in [0.25, 0.3) is 0 Å². The molecule has 43 heavy (non-hydrogen) atoms. The molecule has 0 aliphatic carbocycles. The maximum Gasteiger partial charge on any atom is 0.193 e. The molecule has 13 heteroatoms. The van der Waals surface area contributed by atoms with Gasteiger partial charge in [0.05, 0.1) is 30.4 Å². The summed E-state index contributed by atoms with van der Waals surface area (Å²) in [6.45, 7) is 15.6. The van der Waals surface area contributed by atoms with Crippen LogP contribution in [-0.4, -0.2) is 58.8 Å². The average Bonchev–Trinajstić information content (AvgIpc) is 3.33. The van der Waals surface area contributed by atoms with Crippen molar-refractivity contribution in [3.63, 3.8) is 0 Å². The van der Waals surface area contributed by atoms with Gasteiger partial charge in [-0.05, 0) is 62.2 Å². The molecular weight excluding hydrogens is 588 g/mol. The number of methoxy groups -OCH3 is 1. The van der Waals surface area contributed by atoms with Crippen LogP contribution in [0, 0.1) is 19.7 Å². The zero-order valence-corrected chi connectivity index (χ0v) is 27.9. The molecule has 0 fully saturated rings. The third kappa shape index (κ3) is 6.83. The summed E-state index contributed by atoms with van der Waals surface area (Å²) in [6.07, 6.45) is 4.40. The molecule has 0 bridgehead atoms. The van der Waals surface area contributed by atoms with Crippen LogP contribution in [0.1, 0.15) is 56.6 Å². The van der Waals surface area contributed by atoms with E-state index in [-0.39, 0.29) is 16.7 Å². The summed E-state index contributed by atoms with van der Waals surface area (Å²) < 4.78 is 56.2. The van der Waals surface area contributed by atoms with Crippen molar-refractivity contribution in [2.75, 3.05) is 7.11 Å². The summed E-state index contributed by atoms with van der Waals surface area (Å²) in [5.41, 5.74) is 3.05. The van der Waals surface area contributed by atoms with E-state index in [1.54, 1.807) is 37.1 Å². The molecule has 0 radical (unpaired) electrons. The van der Waals surface area contributed by atoms with Gasteiger partial charge in [-0.15, -0.1) is 10.2 Å². The van der Waals surface area contributed by atoms with Gasteiger partial charge in [0, 0.05) is 18.0 Å². The van der Waals surface area contributed by atoms with Gasteiger partial charge in [-0.2, -0.15) is 0 Å². The summed E-state index contributed by atoms with van der Waals surface area (Å²) in [5, 5.41) is 7.48. The standard InChI is InChI=1S/C30H39FN6O4SSi/c1-19-13-22(15-32-14-19)29-36-35-25(37(29)26-20(2)11-10-12-24(26)40-7)18-42(38,39)21(3)27(28-33-16-23(31)17-34-28)41-43(8,9)30(4,5)6/h10-17,21,27H,18H2,1-9H3/t21-,27+/m1/s1. The van der Waals surface area contributed by atoms with E-state index < -0.39 is 41.1 Å². The third-order valence-electron chi connectivity index (χ3n) is 7.95. The van der Waals surface area contributed by atoms with Gasteiger partial charge in [0.2, 0.25) is 0 Å². The molecule has 3 aromatic heterocycles. The van der Waals surface area contributed by atoms with Crippen LogP contribution in [0.15, 0.2) is 49.1 Å². The number of rotatable bonds is 10. The Balaban J connectivity index is 1.84. The highest BCUT2D eigenvalue weighted by molar-refractivity contribution is 7.91. The van der Waals surface area contributed by atoms with Crippen molar-refractivity contribution < 1.29 is 22.0 Å². The number of aromatic nitrogens is 6. The average molecular weight is 627 g/mol. The van der Waals surface area contributed by atoms with E-state index in [9.17, 15) is 12.8 Å². The second-order valence-electron chi connectivity index (χ2n) is 12.2. The first-order chi connectivity index (χ1) is 20.1. The lowest BCUT2D eigenvalue weighted by atomic mass is 10.1. The molecular formula is C30H39FN6O4SSi. The molecule has 0 saturated heterocycles. The van der Waals surface area contributed by atoms with E-state index in [1.165, 1.54) is 0 Å². The molecule has 4 rings (SSSR count). The Morgan fingerprint density at radius 2 is 1.72 bits per heavy atom. The monoisotopic (exact) mass is 626 g/mol. The fourth-order valence-electron chi connectivity index (χ4n) is 4.41. The largest absolute Gasteiger partial charge is 0.495 e. The van der Waals surface area contributed by atoms with Crippen LogP contribution in [0.4, 0.5) is 4.39 Å². The van der Waals surface area contributed by atoms with Crippen LogP contribution < -0.4 is 4.74 Å². The Hall–Kier alpha value is -3.55. The quantitative estimate of drug-likeness (QED) is 0.197. The molecule has 0 amide bonds. The first-order valence-electron chi connectivity index (χ1n) is 13.9. The van der Waals surface area contributed by atoms with Crippen molar-refractivity contribution >= 4 is 18.2 Å². The summed E-state index contributed by atoms with van der Waals surface area (Å²) >= 11 is 0. The van der Waals surface area contributed by atoms with Crippen LogP contribution in [0.2, 0.25) is 18.1 Å². The number of hydrogen-bond donors (Lipinski definition) is 0. The number of ether oxygens (including phenoxy) is 1. The number of pyridine rings is 1. The number of halogens is 1. The lowest BCUT2D eigenvalue weighted by Crippen LogP contribution is -2.45. The highest BCUT2D eigenvalue weighted by Gasteiger charge is 2.44. The van der Waals surface area contributed by atoms with E-state index in [1.807, 2.05) is 45.1 Å². The second kappa shape index (κ2) is 12.2. The fourth-order valence-corrected chi connectivity index (χ4v) is 7.17. The van der Waals surface area contributed by atoms with Crippen LogP contribution in [-0.2, 0) is 20.0 Å². The number of sulfone groups is 1. The van der Waals surface area contributed by atoms with Crippen molar-refractivity contribution in [3.8, 4) is 22.8 Å². The molecule has 230 valence electrons. The first-order valence-corrected chi connectivity index (χ1v) is 18.5. The predicted molar refractivity (Wildman–Crippen MR) is 166 cm³/mol. The molecule has 4 aromatic rings. The van der Waals surface area contributed by atoms with Gasteiger partial charge in [-0.1, -0.05) is 32.9 Å². The zero-order valence-electron chi connectivity index (χ0n) is 26.1. The Bertz CT molecular complexity index is 1700. The number of benzene rings is 1. The summed E-state index contributed by atoms with van der Waals surface area (Å²) in [6, 6.07) is 7.48. The van der Waals surface area contributed by atoms with E-state index in [0.717, 1.165) is 23.5 Å². The molecule has 0 unspecified atom stereocenters. The van der Waals surface area contributed by atoms with Crippen LogP contribution in [0.3, 0.4) is 0 Å². The molecule has 1 aromatic carbocycles.